The number of Topliss-reactive ketones (excluding diaryl/α,β-unsaturated/α-hetero) is 1. The van der Waals surface area contributed by atoms with Crippen LogP contribution in [-0.2, 0) is 6.42 Å². The van der Waals surface area contributed by atoms with Crippen molar-refractivity contribution in [2.45, 2.75) is 31.1 Å². The third-order valence-electron chi connectivity index (χ3n) is 3.71. The average Bonchev–Trinajstić information content (AvgIpc) is 3.26. The Kier molecular flexibility index (Phi) is 4.09. The monoisotopic (exact) mass is 321 g/mol. The highest BCUT2D eigenvalue weighted by Gasteiger charge is 2.35. The number of ketones is 1. The lowest BCUT2D eigenvalue weighted by molar-refractivity contribution is 0.0967. The first kappa shape index (κ1) is 14.7. The van der Waals surface area contributed by atoms with Crippen LogP contribution < -0.4 is 0 Å². The van der Waals surface area contributed by atoms with Crippen molar-refractivity contribution in [3.8, 4) is 11.3 Å². The van der Waals surface area contributed by atoms with E-state index in [9.17, 15) is 4.79 Å². The first-order chi connectivity index (χ1) is 10.2. The molecule has 110 valence electrons. The van der Waals surface area contributed by atoms with Crippen molar-refractivity contribution in [3.05, 3.63) is 34.5 Å². The maximum Gasteiger partial charge on any atom is 0.179 e. The number of aromatic nitrogens is 1. The summed E-state index contributed by atoms with van der Waals surface area (Å²) in [6.07, 6.45) is 4.60. The van der Waals surface area contributed by atoms with E-state index in [1.54, 1.807) is 11.8 Å². The lowest BCUT2D eigenvalue weighted by atomic mass is 9.99. The van der Waals surface area contributed by atoms with E-state index in [4.69, 9.17) is 16.1 Å². The normalized spacial score (nSPS) is 14.4. The van der Waals surface area contributed by atoms with Gasteiger partial charge in [0.15, 0.2) is 11.5 Å². The van der Waals surface area contributed by atoms with Gasteiger partial charge in [-0.1, -0.05) is 23.7 Å². The third kappa shape index (κ3) is 2.74. The number of hydrogen-bond acceptors (Lipinski definition) is 4. The number of hydrogen-bond donors (Lipinski definition) is 0. The zero-order valence-electron chi connectivity index (χ0n) is 12.0. The first-order valence-electron chi connectivity index (χ1n) is 7.02. The molecule has 0 atom stereocenters. The van der Waals surface area contributed by atoms with E-state index in [2.05, 4.69) is 5.16 Å². The molecule has 0 spiro atoms. The van der Waals surface area contributed by atoms with Crippen molar-refractivity contribution in [3.63, 3.8) is 0 Å². The van der Waals surface area contributed by atoms with Gasteiger partial charge in [0.1, 0.15) is 0 Å². The molecule has 0 N–H and O–H groups in total. The fraction of sp³-hybridized carbons (Fsp3) is 0.375. The van der Waals surface area contributed by atoms with Crippen LogP contribution in [0.4, 0.5) is 0 Å². The smallest absolute Gasteiger partial charge is 0.179 e. The van der Waals surface area contributed by atoms with E-state index in [1.807, 2.05) is 31.4 Å². The number of aryl methyl sites for hydroxylation is 1. The molecule has 1 aliphatic carbocycles. The van der Waals surface area contributed by atoms with Crippen LogP contribution >= 0.6 is 23.4 Å². The van der Waals surface area contributed by atoms with Crippen LogP contribution in [0, 0.1) is 5.92 Å². The van der Waals surface area contributed by atoms with Gasteiger partial charge >= 0.3 is 0 Å². The van der Waals surface area contributed by atoms with Crippen LogP contribution in [0.3, 0.4) is 0 Å². The minimum Gasteiger partial charge on any atom is -0.355 e. The lowest BCUT2D eigenvalue weighted by Gasteiger charge is -2.05. The van der Waals surface area contributed by atoms with Crippen molar-refractivity contribution >= 4 is 29.1 Å². The fourth-order valence-electron chi connectivity index (χ4n) is 2.36. The molecule has 3 rings (SSSR count). The molecule has 1 aliphatic rings. The molecule has 1 saturated carbocycles. The number of carbonyl (C=O) groups is 1. The summed E-state index contributed by atoms with van der Waals surface area (Å²) in [6, 6.07) is 5.77. The minimum atomic E-state index is 0.137. The Bertz CT molecular complexity index is 692. The van der Waals surface area contributed by atoms with Crippen molar-refractivity contribution in [1.29, 1.82) is 0 Å². The number of benzene rings is 1. The molecule has 3 nitrogen and oxygen atoms in total. The van der Waals surface area contributed by atoms with Gasteiger partial charge in [0.05, 0.1) is 16.3 Å². The Hall–Kier alpha value is -1.26. The fourth-order valence-corrected chi connectivity index (χ4v) is 3.13. The molecule has 0 saturated heterocycles. The standard InChI is InChI=1S/C16H16ClNO2S/c1-3-13-14(15(19)9-4-5-9)16(20-18-13)11-7-6-10(21-2)8-12(11)17/h6-9H,3-5H2,1-2H3. The number of nitrogens with zero attached hydrogens (tertiary/aromatic N) is 1. The number of rotatable bonds is 5. The molecule has 21 heavy (non-hydrogen) atoms. The van der Waals surface area contributed by atoms with E-state index >= 15 is 0 Å². The van der Waals surface area contributed by atoms with Crippen LogP contribution in [0.1, 0.15) is 35.8 Å². The molecule has 0 unspecified atom stereocenters. The molecule has 1 fully saturated rings. The summed E-state index contributed by atoms with van der Waals surface area (Å²) in [7, 11) is 0. The SMILES string of the molecule is CCc1noc(-c2ccc(SC)cc2Cl)c1C(=O)C1CC1. The van der Waals surface area contributed by atoms with Gasteiger partial charge in [-0.3, -0.25) is 4.79 Å². The number of halogens is 1. The van der Waals surface area contributed by atoms with Crippen molar-refractivity contribution in [2.75, 3.05) is 6.26 Å². The Balaban J connectivity index is 2.10. The molecule has 0 aliphatic heterocycles. The van der Waals surface area contributed by atoms with E-state index in [0.29, 0.717) is 22.8 Å². The highest BCUT2D eigenvalue weighted by Crippen LogP contribution is 2.39. The Labute approximate surface area is 133 Å². The molecular formula is C16H16ClNO2S. The van der Waals surface area contributed by atoms with Gasteiger partial charge in [0.2, 0.25) is 0 Å². The third-order valence-corrected chi connectivity index (χ3v) is 4.75. The summed E-state index contributed by atoms with van der Waals surface area (Å²) in [5, 5.41) is 4.65. The van der Waals surface area contributed by atoms with Gasteiger partial charge in [0, 0.05) is 16.4 Å². The zero-order chi connectivity index (χ0) is 15.0. The quantitative estimate of drug-likeness (QED) is 0.582. The largest absolute Gasteiger partial charge is 0.355 e. The van der Waals surface area contributed by atoms with Gasteiger partial charge in [-0.2, -0.15) is 0 Å². The van der Waals surface area contributed by atoms with Crippen molar-refractivity contribution in [2.24, 2.45) is 5.92 Å². The summed E-state index contributed by atoms with van der Waals surface area (Å²) in [6.45, 7) is 1.98. The van der Waals surface area contributed by atoms with Gasteiger partial charge < -0.3 is 4.52 Å². The number of thioether (sulfide) groups is 1. The van der Waals surface area contributed by atoms with E-state index in [0.717, 1.165) is 29.0 Å². The zero-order valence-corrected chi connectivity index (χ0v) is 13.6. The van der Waals surface area contributed by atoms with E-state index in [-0.39, 0.29) is 11.7 Å². The van der Waals surface area contributed by atoms with Gasteiger partial charge in [0.25, 0.3) is 0 Å². The summed E-state index contributed by atoms with van der Waals surface area (Å²) >= 11 is 7.98. The Morgan fingerprint density at radius 3 is 2.81 bits per heavy atom. The van der Waals surface area contributed by atoms with Crippen molar-refractivity contribution < 1.29 is 9.32 Å². The molecule has 0 bridgehead atoms. The lowest BCUT2D eigenvalue weighted by Crippen LogP contribution is -2.05. The van der Waals surface area contributed by atoms with Crippen LogP contribution in [0.5, 0.6) is 0 Å². The highest BCUT2D eigenvalue weighted by atomic mass is 35.5. The molecule has 0 radical (unpaired) electrons. The molecule has 5 heteroatoms. The average molecular weight is 322 g/mol. The van der Waals surface area contributed by atoms with Gasteiger partial charge in [-0.25, -0.2) is 0 Å². The van der Waals surface area contributed by atoms with E-state index in [1.165, 1.54) is 0 Å². The maximum absolute atomic E-state index is 12.5. The van der Waals surface area contributed by atoms with Crippen LogP contribution in [0.25, 0.3) is 11.3 Å². The molecule has 1 heterocycles. The molecule has 0 amide bonds. The van der Waals surface area contributed by atoms with Crippen molar-refractivity contribution in [1.82, 2.24) is 5.16 Å². The minimum absolute atomic E-state index is 0.137. The number of carbonyl (C=O) groups excluding carboxylic acids is 1. The summed E-state index contributed by atoms with van der Waals surface area (Å²) < 4.78 is 5.46. The molecule has 2 aromatic rings. The van der Waals surface area contributed by atoms with Crippen LogP contribution in [0.15, 0.2) is 27.6 Å². The Morgan fingerprint density at radius 2 is 2.24 bits per heavy atom. The van der Waals surface area contributed by atoms with Gasteiger partial charge in [-0.05, 0) is 43.7 Å². The van der Waals surface area contributed by atoms with Crippen LogP contribution in [0.2, 0.25) is 5.02 Å². The highest BCUT2D eigenvalue weighted by molar-refractivity contribution is 7.98. The summed E-state index contributed by atoms with van der Waals surface area (Å²) in [5.74, 6) is 0.798. The summed E-state index contributed by atoms with van der Waals surface area (Å²) in [4.78, 5) is 13.6. The van der Waals surface area contributed by atoms with E-state index < -0.39 is 0 Å². The molecular weight excluding hydrogens is 306 g/mol. The maximum atomic E-state index is 12.5. The second-order valence-electron chi connectivity index (χ2n) is 5.17. The molecule has 1 aromatic heterocycles. The first-order valence-corrected chi connectivity index (χ1v) is 8.62. The predicted octanol–water partition coefficient (Wildman–Crippen LogP) is 4.87. The summed E-state index contributed by atoms with van der Waals surface area (Å²) in [5.41, 5.74) is 2.09. The van der Waals surface area contributed by atoms with Crippen LogP contribution in [-0.4, -0.2) is 17.2 Å². The second kappa shape index (κ2) is 5.85. The van der Waals surface area contributed by atoms with Gasteiger partial charge in [-0.15, -0.1) is 11.8 Å². The molecule has 1 aromatic carbocycles. The topological polar surface area (TPSA) is 43.1 Å². The Morgan fingerprint density at radius 1 is 1.48 bits per heavy atom. The second-order valence-corrected chi connectivity index (χ2v) is 6.46. The predicted molar refractivity (Wildman–Crippen MR) is 85.2 cm³/mol.